The smallest absolute Gasteiger partial charge is 0.313 e. The van der Waals surface area contributed by atoms with E-state index in [2.05, 4.69) is 20.6 Å². The van der Waals surface area contributed by atoms with Crippen molar-refractivity contribution in [3.63, 3.8) is 0 Å². The molecular formula is C8H7N5O2. The Hall–Kier alpha value is -2.49. The number of nitriles is 1. The molecule has 0 aromatic carbocycles. The molecule has 1 aromatic heterocycles. The van der Waals surface area contributed by atoms with Crippen LogP contribution >= 0.6 is 0 Å². The molecule has 0 bridgehead atoms. The van der Waals surface area contributed by atoms with Gasteiger partial charge in [0.15, 0.2) is 0 Å². The van der Waals surface area contributed by atoms with Gasteiger partial charge in [0, 0.05) is 0 Å². The zero-order chi connectivity index (χ0) is 11.1. The molecule has 0 unspecified atom stereocenters. The van der Waals surface area contributed by atoms with Gasteiger partial charge in [-0.3, -0.25) is 9.59 Å². The fraction of sp³-hybridized carbons (Fsp3) is 0.125. The van der Waals surface area contributed by atoms with Gasteiger partial charge in [-0.15, -0.1) is 0 Å². The molecule has 0 saturated heterocycles. The first-order valence-electron chi connectivity index (χ1n) is 3.95. The van der Waals surface area contributed by atoms with Crippen LogP contribution in [0.15, 0.2) is 18.7 Å². The van der Waals surface area contributed by atoms with Crippen LogP contribution in [0, 0.1) is 11.3 Å². The van der Waals surface area contributed by atoms with Gasteiger partial charge in [0.25, 0.3) is 0 Å². The van der Waals surface area contributed by atoms with Gasteiger partial charge < -0.3 is 10.6 Å². The number of carbonyl (C=O) groups excluding carboxylic acids is 2. The van der Waals surface area contributed by atoms with Crippen LogP contribution in [0.4, 0.5) is 5.69 Å². The number of hydrogen-bond donors (Lipinski definition) is 2. The van der Waals surface area contributed by atoms with Crippen molar-refractivity contribution in [2.45, 2.75) is 0 Å². The van der Waals surface area contributed by atoms with Gasteiger partial charge in [0.2, 0.25) is 0 Å². The van der Waals surface area contributed by atoms with Gasteiger partial charge in [0.05, 0.1) is 24.2 Å². The zero-order valence-corrected chi connectivity index (χ0v) is 7.60. The van der Waals surface area contributed by atoms with Crippen molar-refractivity contribution >= 4 is 17.5 Å². The van der Waals surface area contributed by atoms with Crippen molar-refractivity contribution in [1.29, 1.82) is 5.26 Å². The first-order valence-corrected chi connectivity index (χ1v) is 3.95. The summed E-state index contributed by atoms with van der Waals surface area (Å²) in [4.78, 5) is 29.4. The van der Waals surface area contributed by atoms with Gasteiger partial charge in [-0.1, -0.05) is 0 Å². The zero-order valence-electron chi connectivity index (χ0n) is 7.60. The Morgan fingerprint density at radius 2 is 2.00 bits per heavy atom. The topological polar surface area (TPSA) is 108 Å². The highest BCUT2D eigenvalue weighted by atomic mass is 16.2. The third-order valence-electron chi connectivity index (χ3n) is 1.35. The average molecular weight is 205 g/mol. The number of nitrogens with one attached hydrogen (secondary N) is 2. The Morgan fingerprint density at radius 3 is 2.60 bits per heavy atom. The lowest BCUT2D eigenvalue weighted by atomic mass is 10.4. The number of carbonyl (C=O) groups is 2. The van der Waals surface area contributed by atoms with Crippen LogP contribution in [0.3, 0.4) is 0 Å². The van der Waals surface area contributed by atoms with Gasteiger partial charge in [-0.05, 0) is 0 Å². The molecule has 0 atom stereocenters. The second-order valence-corrected chi connectivity index (χ2v) is 2.42. The molecule has 2 N–H and O–H groups in total. The van der Waals surface area contributed by atoms with Gasteiger partial charge in [0.1, 0.15) is 12.9 Å². The monoisotopic (exact) mass is 205 g/mol. The highest BCUT2D eigenvalue weighted by molar-refractivity contribution is 6.39. The van der Waals surface area contributed by atoms with Gasteiger partial charge in [-0.2, -0.15) is 5.26 Å². The molecular weight excluding hydrogens is 198 g/mol. The van der Waals surface area contributed by atoms with Crippen molar-refractivity contribution in [1.82, 2.24) is 15.3 Å². The molecule has 0 aliphatic rings. The van der Waals surface area contributed by atoms with Crippen molar-refractivity contribution in [2.24, 2.45) is 0 Å². The fourth-order valence-corrected chi connectivity index (χ4v) is 0.752. The van der Waals surface area contributed by atoms with Crippen LogP contribution in [0.2, 0.25) is 0 Å². The van der Waals surface area contributed by atoms with E-state index in [-0.39, 0.29) is 6.54 Å². The predicted molar refractivity (Wildman–Crippen MR) is 49.3 cm³/mol. The lowest BCUT2D eigenvalue weighted by Crippen LogP contribution is -2.35. The number of amides is 2. The number of nitrogens with zero attached hydrogens (tertiary/aromatic N) is 3. The first kappa shape index (κ1) is 10.6. The van der Waals surface area contributed by atoms with E-state index in [1.165, 1.54) is 18.7 Å². The van der Waals surface area contributed by atoms with E-state index < -0.39 is 11.8 Å². The van der Waals surface area contributed by atoms with Crippen LogP contribution in [-0.4, -0.2) is 28.3 Å². The average Bonchev–Trinajstić information content (AvgIpc) is 2.27. The maximum atomic E-state index is 11.1. The molecule has 1 aromatic rings. The highest BCUT2D eigenvalue weighted by Gasteiger charge is 2.12. The van der Waals surface area contributed by atoms with E-state index in [0.717, 1.165) is 0 Å². The first-order chi connectivity index (χ1) is 7.24. The molecule has 1 rings (SSSR count). The summed E-state index contributed by atoms with van der Waals surface area (Å²) >= 11 is 0. The van der Waals surface area contributed by atoms with E-state index in [0.29, 0.717) is 5.69 Å². The van der Waals surface area contributed by atoms with Crippen molar-refractivity contribution in [2.75, 3.05) is 11.9 Å². The Morgan fingerprint density at radius 1 is 1.33 bits per heavy atom. The molecule has 76 valence electrons. The van der Waals surface area contributed by atoms with E-state index in [1.807, 2.05) is 0 Å². The highest BCUT2D eigenvalue weighted by Crippen LogP contribution is 1.99. The standard InChI is InChI=1S/C8H7N5O2/c9-1-2-12-7(14)8(15)13-6-3-10-5-11-4-6/h3-5H,2H2,(H,12,14)(H,13,15). The molecule has 0 aliphatic carbocycles. The third kappa shape index (κ3) is 3.40. The van der Waals surface area contributed by atoms with E-state index in [4.69, 9.17) is 5.26 Å². The molecule has 2 amide bonds. The lowest BCUT2D eigenvalue weighted by Gasteiger charge is -2.02. The Kier molecular flexibility index (Phi) is 3.73. The van der Waals surface area contributed by atoms with Gasteiger partial charge >= 0.3 is 11.8 Å². The summed E-state index contributed by atoms with van der Waals surface area (Å²) in [7, 11) is 0. The van der Waals surface area contributed by atoms with Crippen LogP contribution in [-0.2, 0) is 9.59 Å². The van der Waals surface area contributed by atoms with Crippen molar-refractivity contribution in [3.05, 3.63) is 18.7 Å². The minimum atomic E-state index is -0.875. The third-order valence-corrected chi connectivity index (χ3v) is 1.35. The van der Waals surface area contributed by atoms with Crippen LogP contribution in [0.1, 0.15) is 0 Å². The summed E-state index contributed by atoms with van der Waals surface area (Å²) in [5.41, 5.74) is 0.314. The molecule has 7 heteroatoms. The summed E-state index contributed by atoms with van der Waals surface area (Å²) < 4.78 is 0. The second kappa shape index (κ2) is 5.29. The molecule has 0 saturated carbocycles. The molecule has 1 heterocycles. The minimum absolute atomic E-state index is 0.211. The summed E-state index contributed by atoms with van der Waals surface area (Å²) in [5, 5.41) is 12.5. The summed E-state index contributed by atoms with van der Waals surface area (Å²) in [6.45, 7) is -0.211. The Labute approximate surface area is 85.1 Å². The fourth-order valence-electron chi connectivity index (χ4n) is 0.752. The molecule has 0 aliphatic heterocycles. The largest absolute Gasteiger partial charge is 0.335 e. The maximum absolute atomic E-state index is 11.1. The maximum Gasteiger partial charge on any atom is 0.313 e. The van der Waals surface area contributed by atoms with Crippen molar-refractivity contribution < 1.29 is 9.59 Å². The minimum Gasteiger partial charge on any atom is -0.335 e. The summed E-state index contributed by atoms with van der Waals surface area (Å²) in [6, 6.07) is 1.68. The van der Waals surface area contributed by atoms with Crippen LogP contribution < -0.4 is 10.6 Å². The summed E-state index contributed by atoms with van der Waals surface area (Å²) in [6.07, 6.45) is 4.00. The molecule has 0 spiro atoms. The summed E-state index contributed by atoms with van der Waals surface area (Å²) in [5.74, 6) is -1.74. The number of aromatic nitrogens is 2. The number of anilines is 1. The van der Waals surface area contributed by atoms with Gasteiger partial charge in [-0.25, -0.2) is 9.97 Å². The van der Waals surface area contributed by atoms with Crippen LogP contribution in [0.25, 0.3) is 0 Å². The molecule has 0 radical (unpaired) electrons. The predicted octanol–water partition coefficient (Wildman–Crippen LogP) is -0.945. The van der Waals surface area contributed by atoms with E-state index in [9.17, 15) is 9.59 Å². The normalized spacial score (nSPS) is 8.73. The Balaban J connectivity index is 2.50. The second-order valence-electron chi connectivity index (χ2n) is 2.42. The van der Waals surface area contributed by atoms with Crippen molar-refractivity contribution in [3.8, 4) is 6.07 Å². The lowest BCUT2D eigenvalue weighted by molar-refractivity contribution is -0.136. The van der Waals surface area contributed by atoms with E-state index in [1.54, 1.807) is 6.07 Å². The number of hydrogen-bond acceptors (Lipinski definition) is 5. The molecule has 15 heavy (non-hydrogen) atoms. The molecule has 0 fully saturated rings. The SMILES string of the molecule is N#CCNC(=O)C(=O)Nc1cncnc1. The Bertz CT molecular complexity index is 397. The quantitative estimate of drug-likeness (QED) is 0.478. The van der Waals surface area contributed by atoms with E-state index >= 15 is 0 Å². The van der Waals surface area contributed by atoms with Crippen LogP contribution in [0.5, 0.6) is 0 Å². The molecule has 7 nitrogen and oxygen atoms in total. The number of rotatable bonds is 2.